The number of benzene rings is 1. The van der Waals surface area contributed by atoms with E-state index in [0.29, 0.717) is 37.3 Å². The van der Waals surface area contributed by atoms with Gasteiger partial charge in [0.2, 0.25) is 5.91 Å². The highest BCUT2D eigenvalue weighted by molar-refractivity contribution is 5.82. The molecule has 0 unspecified atom stereocenters. The third-order valence-electron chi connectivity index (χ3n) is 6.15. The van der Waals surface area contributed by atoms with Crippen LogP contribution in [0.15, 0.2) is 48.7 Å². The first-order valence-corrected chi connectivity index (χ1v) is 11.8. The predicted octanol–water partition coefficient (Wildman–Crippen LogP) is 4.01. The summed E-state index contributed by atoms with van der Waals surface area (Å²) in [6, 6.07) is 13.5. The Morgan fingerprint density at radius 3 is 2.65 bits per heavy atom. The summed E-state index contributed by atoms with van der Waals surface area (Å²) in [5, 5.41) is 15.9. The normalized spacial score (nSPS) is 13.7. The van der Waals surface area contributed by atoms with E-state index in [2.05, 4.69) is 20.4 Å². The molecule has 1 aliphatic carbocycles. The van der Waals surface area contributed by atoms with Gasteiger partial charge in [-0.05, 0) is 30.5 Å². The van der Waals surface area contributed by atoms with E-state index >= 15 is 0 Å². The van der Waals surface area contributed by atoms with Gasteiger partial charge >= 0.3 is 6.09 Å². The Morgan fingerprint density at radius 2 is 1.94 bits per heavy atom. The standard InChI is InChI=1S/C25H30N6O3/c1-2-22-28-24(19-12-13-26-21(17-19)27-25(33)34)29-31(22)15-14-30(20-10-6-7-11-20)23(32)16-18-8-4-3-5-9-18/h3-5,8-9,12-13,17,20H,2,6-7,10-11,14-16H2,1H3,(H,26,27)(H,33,34). The molecule has 1 aliphatic rings. The molecule has 9 nitrogen and oxygen atoms in total. The molecule has 1 aromatic carbocycles. The van der Waals surface area contributed by atoms with E-state index in [1.165, 1.54) is 6.20 Å². The molecule has 1 fully saturated rings. The molecule has 0 aliphatic heterocycles. The first kappa shape index (κ1) is 23.4. The fourth-order valence-corrected chi connectivity index (χ4v) is 4.49. The van der Waals surface area contributed by atoms with Crippen molar-refractivity contribution in [3.63, 3.8) is 0 Å². The van der Waals surface area contributed by atoms with Crippen molar-refractivity contribution in [3.05, 3.63) is 60.0 Å². The highest BCUT2D eigenvalue weighted by atomic mass is 16.4. The van der Waals surface area contributed by atoms with Crippen molar-refractivity contribution >= 4 is 17.8 Å². The molecule has 0 bridgehead atoms. The zero-order valence-corrected chi connectivity index (χ0v) is 19.4. The lowest BCUT2D eigenvalue weighted by molar-refractivity contribution is -0.132. The van der Waals surface area contributed by atoms with Gasteiger partial charge in [-0.25, -0.2) is 19.4 Å². The van der Waals surface area contributed by atoms with Gasteiger partial charge in [-0.15, -0.1) is 0 Å². The average molecular weight is 463 g/mol. The maximum Gasteiger partial charge on any atom is 0.410 e. The van der Waals surface area contributed by atoms with Gasteiger partial charge in [-0.3, -0.25) is 10.1 Å². The lowest BCUT2D eigenvalue weighted by Gasteiger charge is -2.29. The molecule has 2 heterocycles. The van der Waals surface area contributed by atoms with E-state index in [0.717, 1.165) is 37.1 Å². The molecule has 0 spiro atoms. The zero-order chi connectivity index (χ0) is 23.9. The third kappa shape index (κ3) is 5.78. The quantitative estimate of drug-likeness (QED) is 0.497. The van der Waals surface area contributed by atoms with Crippen molar-refractivity contribution in [2.24, 2.45) is 0 Å². The highest BCUT2D eigenvalue weighted by Crippen LogP contribution is 2.25. The predicted molar refractivity (Wildman–Crippen MR) is 128 cm³/mol. The van der Waals surface area contributed by atoms with Gasteiger partial charge in [0.15, 0.2) is 5.82 Å². The summed E-state index contributed by atoms with van der Waals surface area (Å²) >= 11 is 0. The maximum atomic E-state index is 13.2. The number of hydrogen-bond acceptors (Lipinski definition) is 5. The molecule has 3 aromatic rings. The van der Waals surface area contributed by atoms with Crippen molar-refractivity contribution in [1.29, 1.82) is 0 Å². The summed E-state index contributed by atoms with van der Waals surface area (Å²) in [5.74, 6) is 1.70. The molecule has 0 radical (unpaired) electrons. The van der Waals surface area contributed by atoms with Gasteiger partial charge < -0.3 is 10.0 Å². The number of carboxylic acid groups (broad SMARTS) is 1. The first-order chi connectivity index (χ1) is 16.5. The number of amides is 2. The number of aromatic nitrogens is 4. The number of nitrogens with zero attached hydrogens (tertiary/aromatic N) is 5. The fourth-order valence-electron chi connectivity index (χ4n) is 4.49. The van der Waals surface area contributed by atoms with Crippen LogP contribution in [0.4, 0.5) is 10.6 Å². The van der Waals surface area contributed by atoms with E-state index < -0.39 is 6.09 Å². The van der Waals surface area contributed by atoms with Gasteiger partial charge in [0, 0.05) is 30.8 Å². The molecule has 9 heteroatoms. The molecule has 178 valence electrons. The topological polar surface area (TPSA) is 113 Å². The lowest BCUT2D eigenvalue weighted by Crippen LogP contribution is -2.42. The van der Waals surface area contributed by atoms with E-state index in [4.69, 9.17) is 5.11 Å². The van der Waals surface area contributed by atoms with Gasteiger partial charge in [-0.1, -0.05) is 50.1 Å². The van der Waals surface area contributed by atoms with Crippen LogP contribution in [0, 0.1) is 0 Å². The van der Waals surface area contributed by atoms with Crippen LogP contribution in [-0.4, -0.2) is 54.3 Å². The average Bonchev–Trinajstić information content (AvgIpc) is 3.50. The minimum atomic E-state index is -1.18. The van der Waals surface area contributed by atoms with Gasteiger partial charge in [-0.2, -0.15) is 5.10 Å². The van der Waals surface area contributed by atoms with Crippen LogP contribution < -0.4 is 5.32 Å². The van der Waals surface area contributed by atoms with E-state index in [9.17, 15) is 9.59 Å². The van der Waals surface area contributed by atoms with Crippen molar-refractivity contribution in [1.82, 2.24) is 24.6 Å². The molecule has 0 atom stereocenters. The molecule has 0 saturated heterocycles. The minimum Gasteiger partial charge on any atom is -0.465 e. The number of carbonyl (C=O) groups excluding carboxylic acids is 1. The highest BCUT2D eigenvalue weighted by Gasteiger charge is 2.27. The number of anilines is 1. The molecule has 2 N–H and O–H groups in total. The number of pyridine rings is 1. The van der Waals surface area contributed by atoms with Crippen LogP contribution in [-0.2, 0) is 24.2 Å². The number of hydrogen-bond donors (Lipinski definition) is 2. The van der Waals surface area contributed by atoms with Crippen LogP contribution in [0.3, 0.4) is 0 Å². The monoisotopic (exact) mass is 462 g/mol. The summed E-state index contributed by atoms with van der Waals surface area (Å²) in [6.45, 7) is 3.15. The van der Waals surface area contributed by atoms with Crippen molar-refractivity contribution in [3.8, 4) is 11.4 Å². The third-order valence-corrected chi connectivity index (χ3v) is 6.15. The van der Waals surface area contributed by atoms with Gasteiger partial charge in [0.1, 0.15) is 11.6 Å². The Morgan fingerprint density at radius 1 is 1.18 bits per heavy atom. The molecule has 4 rings (SSSR count). The smallest absolute Gasteiger partial charge is 0.410 e. The van der Waals surface area contributed by atoms with Crippen LogP contribution in [0.25, 0.3) is 11.4 Å². The van der Waals surface area contributed by atoms with E-state index in [-0.39, 0.29) is 17.8 Å². The summed E-state index contributed by atoms with van der Waals surface area (Å²) in [5.41, 5.74) is 1.70. The molecular formula is C25H30N6O3. The Bertz CT molecular complexity index is 1120. The number of carbonyl (C=O) groups is 2. The summed E-state index contributed by atoms with van der Waals surface area (Å²) in [7, 11) is 0. The van der Waals surface area contributed by atoms with Crippen LogP contribution >= 0.6 is 0 Å². The molecule has 34 heavy (non-hydrogen) atoms. The van der Waals surface area contributed by atoms with Crippen molar-refractivity contribution in [2.45, 2.75) is 58.0 Å². The molecule has 1 saturated carbocycles. The van der Waals surface area contributed by atoms with Crippen LogP contribution in [0.2, 0.25) is 0 Å². The molecular weight excluding hydrogens is 432 g/mol. The number of nitrogens with one attached hydrogen (secondary N) is 1. The second-order valence-corrected chi connectivity index (χ2v) is 8.48. The second-order valence-electron chi connectivity index (χ2n) is 8.48. The number of rotatable bonds is 9. The SMILES string of the molecule is CCc1nc(-c2ccnc(NC(=O)O)c2)nn1CCN(C(=O)Cc1ccccc1)C1CCCC1. The van der Waals surface area contributed by atoms with E-state index in [1.807, 2.05) is 46.8 Å². The van der Waals surface area contributed by atoms with Crippen LogP contribution in [0.1, 0.15) is 44.0 Å². The maximum absolute atomic E-state index is 13.2. The fraction of sp³-hybridized carbons (Fsp3) is 0.400. The Labute approximate surface area is 198 Å². The Kier molecular flexibility index (Phi) is 7.51. The largest absolute Gasteiger partial charge is 0.465 e. The lowest BCUT2D eigenvalue weighted by atomic mass is 10.1. The summed E-state index contributed by atoms with van der Waals surface area (Å²) in [6.07, 6.45) is 5.84. The van der Waals surface area contributed by atoms with Gasteiger partial charge in [0.05, 0.1) is 13.0 Å². The van der Waals surface area contributed by atoms with Crippen molar-refractivity contribution in [2.75, 3.05) is 11.9 Å². The van der Waals surface area contributed by atoms with E-state index in [1.54, 1.807) is 12.1 Å². The minimum absolute atomic E-state index is 0.148. The van der Waals surface area contributed by atoms with Gasteiger partial charge in [0.25, 0.3) is 0 Å². The first-order valence-electron chi connectivity index (χ1n) is 11.8. The van der Waals surface area contributed by atoms with Crippen molar-refractivity contribution < 1.29 is 14.7 Å². The second kappa shape index (κ2) is 10.9. The Hall–Kier alpha value is -3.75. The summed E-state index contributed by atoms with van der Waals surface area (Å²) < 4.78 is 1.86. The number of aryl methyl sites for hydroxylation is 1. The molecule has 2 amide bonds. The molecule has 2 aromatic heterocycles. The van der Waals surface area contributed by atoms with Crippen LogP contribution in [0.5, 0.6) is 0 Å². The zero-order valence-electron chi connectivity index (χ0n) is 19.4. The Balaban J connectivity index is 1.50. The summed E-state index contributed by atoms with van der Waals surface area (Å²) in [4.78, 5) is 34.9.